The number of amides is 1. The molecule has 2 aliphatic heterocycles. The van der Waals surface area contributed by atoms with Crippen molar-refractivity contribution in [1.29, 1.82) is 0 Å². The van der Waals surface area contributed by atoms with Crippen molar-refractivity contribution < 1.29 is 18.7 Å². The van der Waals surface area contributed by atoms with E-state index in [4.69, 9.17) is 13.9 Å². The summed E-state index contributed by atoms with van der Waals surface area (Å²) in [7, 11) is -2.02. The largest absolute Gasteiger partial charge is 0.420 e. The van der Waals surface area contributed by atoms with Crippen molar-refractivity contribution in [3.05, 3.63) is 72.3 Å². The Morgan fingerprint density at radius 2 is 1.73 bits per heavy atom. The Balaban J connectivity index is 1.66. The molecule has 1 unspecified atom stereocenters. The predicted octanol–water partition coefficient (Wildman–Crippen LogP) is 4.86. The summed E-state index contributed by atoms with van der Waals surface area (Å²) in [6.07, 6.45) is 2.51. The number of anilines is 1. The van der Waals surface area contributed by atoms with Crippen LogP contribution in [0.3, 0.4) is 0 Å². The molecule has 1 saturated heterocycles. The Morgan fingerprint density at radius 1 is 1.03 bits per heavy atom. The SMILES string of the molecule is C[C@]1(O[Si](C)(C)C)C#C/C=C\C#C[C@H]2[C@@H]3OC31c1ccccc1N2C(=O)Oc1ccccc1. The molecule has 0 radical (unpaired) electrons. The van der Waals surface area contributed by atoms with Gasteiger partial charge in [-0.2, -0.15) is 0 Å². The second-order valence-corrected chi connectivity index (χ2v) is 13.9. The molecule has 2 bridgehead atoms. The Labute approximate surface area is 195 Å². The number of carbonyl (C=O) groups is 1. The van der Waals surface area contributed by atoms with Crippen LogP contribution in [0, 0.1) is 23.7 Å². The maximum absolute atomic E-state index is 13.4. The first-order chi connectivity index (χ1) is 15.8. The van der Waals surface area contributed by atoms with E-state index in [9.17, 15) is 4.79 Å². The van der Waals surface area contributed by atoms with Gasteiger partial charge in [-0.3, -0.25) is 4.90 Å². The lowest BCUT2D eigenvalue weighted by Gasteiger charge is -2.42. The number of nitrogens with zero attached hydrogens (tertiary/aromatic N) is 1. The quantitative estimate of drug-likeness (QED) is 0.377. The van der Waals surface area contributed by atoms with Crippen LogP contribution in [0.25, 0.3) is 0 Å². The van der Waals surface area contributed by atoms with Gasteiger partial charge in [0.05, 0.1) is 5.69 Å². The Bertz CT molecular complexity index is 1260. The number of ether oxygens (including phenoxy) is 2. The van der Waals surface area contributed by atoms with Crippen molar-refractivity contribution in [2.75, 3.05) is 4.90 Å². The van der Waals surface area contributed by atoms with E-state index in [0.717, 1.165) is 5.56 Å². The van der Waals surface area contributed by atoms with Gasteiger partial charge in [-0.25, -0.2) is 4.79 Å². The van der Waals surface area contributed by atoms with E-state index in [2.05, 4.69) is 43.3 Å². The van der Waals surface area contributed by atoms with Crippen LogP contribution in [-0.2, 0) is 14.8 Å². The maximum atomic E-state index is 13.4. The number of epoxide rings is 1. The van der Waals surface area contributed by atoms with Crippen LogP contribution < -0.4 is 9.64 Å². The lowest BCUT2D eigenvalue weighted by Crippen LogP contribution is -2.57. The van der Waals surface area contributed by atoms with E-state index in [1.54, 1.807) is 29.2 Å². The average molecular weight is 456 g/mol. The monoisotopic (exact) mass is 455 g/mol. The van der Waals surface area contributed by atoms with Crippen LogP contribution in [-0.4, -0.2) is 32.2 Å². The van der Waals surface area contributed by atoms with Crippen molar-refractivity contribution in [2.45, 2.75) is 49.9 Å². The molecule has 5 rings (SSSR count). The number of hydrogen-bond acceptors (Lipinski definition) is 4. The van der Waals surface area contributed by atoms with E-state index in [1.165, 1.54) is 0 Å². The first-order valence-electron chi connectivity index (χ1n) is 11.0. The molecule has 0 aromatic heterocycles. The summed E-state index contributed by atoms with van der Waals surface area (Å²) in [6.45, 7) is 8.40. The fourth-order valence-corrected chi connectivity index (χ4v) is 6.21. The molecule has 1 aliphatic carbocycles. The van der Waals surface area contributed by atoms with E-state index >= 15 is 0 Å². The number of benzene rings is 2. The average Bonchev–Trinajstić information content (AvgIpc) is 3.53. The topological polar surface area (TPSA) is 51.3 Å². The van der Waals surface area contributed by atoms with Gasteiger partial charge in [-0.1, -0.05) is 60.1 Å². The molecule has 2 heterocycles. The van der Waals surface area contributed by atoms with E-state index in [0.29, 0.717) is 11.4 Å². The third kappa shape index (κ3) is 3.57. The van der Waals surface area contributed by atoms with Crippen LogP contribution in [0.5, 0.6) is 5.75 Å². The first-order valence-corrected chi connectivity index (χ1v) is 14.4. The third-order valence-electron chi connectivity index (χ3n) is 5.94. The van der Waals surface area contributed by atoms with Gasteiger partial charge in [0, 0.05) is 5.56 Å². The van der Waals surface area contributed by atoms with E-state index < -0.39 is 37.8 Å². The fourth-order valence-electron chi connectivity index (χ4n) is 4.79. The molecule has 166 valence electrons. The number of allylic oxidation sites excluding steroid dienone is 2. The number of para-hydroxylation sites is 2. The van der Waals surface area contributed by atoms with Crippen LogP contribution in [0.4, 0.5) is 10.5 Å². The molecule has 5 nitrogen and oxygen atoms in total. The molecule has 2 aromatic rings. The highest BCUT2D eigenvalue weighted by atomic mass is 28.4. The van der Waals surface area contributed by atoms with Gasteiger partial charge in [-0.05, 0) is 56.9 Å². The minimum atomic E-state index is -2.02. The summed E-state index contributed by atoms with van der Waals surface area (Å²) < 4.78 is 18.9. The molecular weight excluding hydrogens is 430 g/mol. The van der Waals surface area contributed by atoms with Gasteiger partial charge >= 0.3 is 6.09 Å². The summed E-state index contributed by atoms with van der Waals surface area (Å²) in [5.74, 6) is 13.1. The lowest BCUT2D eigenvalue weighted by atomic mass is 9.75. The third-order valence-corrected chi connectivity index (χ3v) is 6.96. The molecule has 0 saturated carbocycles. The van der Waals surface area contributed by atoms with Crippen molar-refractivity contribution in [3.63, 3.8) is 0 Å². The number of hydrogen-bond donors (Lipinski definition) is 0. The maximum Gasteiger partial charge on any atom is 0.420 e. The summed E-state index contributed by atoms with van der Waals surface area (Å²) in [5.41, 5.74) is -0.180. The Kier molecular flexibility index (Phi) is 4.99. The number of rotatable bonds is 3. The van der Waals surface area contributed by atoms with Crippen LogP contribution in [0.15, 0.2) is 66.7 Å². The summed E-state index contributed by atoms with van der Waals surface area (Å²) >= 11 is 0. The molecule has 4 atom stereocenters. The van der Waals surface area contributed by atoms with Gasteiger partial charge < -0.3 is 13.9 Å². The van der Waals surface area contributed by atoms with E-state index in [-0.39, 0.29) is 0 Å². The minimum absolute atomic E-state index is 0.398. The zero-order valence-electron chi connectivity index (χ0n) is 19.1. The smallest absolute Gasteiger partial charge is 0.410 e. The molecule has 0 spiro atoms. The van der Waals surface area contributed by atoms with Crippen molar-refractivity contribution >= 4 is 20.1 Å². The predicted molar refractivity (Wildman–Crippen MR) is 129 cm³/mol. The summed E-state index contributed by atoms with van der Waals surface area (Å²) in [6, 6.07) is 16.2. The highest BCUT2D eigenvalue weighted by Crippen LogP contribution is 2.62. The molecular formula is C27H25NO4Si. The second kappa shape index (κ2) is 7.64. The first kappa shape index (κ1) is 21.5. The Hall–Kier alpha value is -3.29. The molecule has 1 amide bonds. The van der Waals surface area contributed by atoms with Crippen molar-refractivity contribution in [3.8, 4) is 29.4 Å². The van der Waals surface area contributed by atoms with Crippen molar-refractivity contribution in [1.82, 2.24) is 0 Å². The van der Waals surface area contributed by atoms with Crippen molar-refractivity contribution in [2.24, 2.45) is 0 Å². The second-order valence-electron chi connectivity index (χ2n) is 9.43. The number of carbonyl (C=O) groups excluding carboxylic acids is 1. The number of fused-ring (bicyclic) bond motifs is 1. The Morgan fingerprint density at radius 3 is 2.48 bits per heavy atom. The molecule has 2 aromatic carbocycles. The molecule has 6 heteroatoms. The van der Waals surface area contributed by atoms with Crippen LogP contribution in [0.2, 0.25) is 19.6 Å². The van der Waals surface area contributed by atoms with Crippen LogP contribution >= 0.6 is 0 Å². The molecule has 33 heavy (non-hydrogen) atoms. The van der Waals surface area contributed by atoms with E-state index in [1.807, 2.05) is 49.4 Å². The zero-order valence-corrected chi connectivity index (χ0v) is 20.1. The fraction of sp³-hybridized carbons (Fsp3) is 0.296. The van der Waals surface area contributed by atoms with Gasteiger partial charge in [0.15, 0.2) is 19.5 Å². The summed E-state index contributed by atoms with van der Waals surface area (Å²) in [5, 5.41) is 0. The van der Waals surface area contributed by atoms with Gasteiger partial charge in [-0.15, -0.1) is 0 Å². The summed E-state index contributed by atoms with van der Waals surface area (Å²) in [4.78, 5) is 15.0. The van der Waals surface area contributed by atoms with Gasteiger partial charge in [0.1, 0.15) is 17.9 Å². The highest BCUT2D eigenvalue weighted by Gasteiger charge is 2.75. The molecule has 1 fully saturated rings. The normalized spacial score (nSPS) is 29.8. The zero-order chi connectivity index (χ0) is 23.3. The highest BCUT2D eigenvalue weighted by molar-refractivity contribution is 6.69. The minimum Gasteiger partial charge on any atom is -0.410 e. The molecule has 3 aliphatic rings. The molecule has 0 N–H and O–H groups in total. The van der Waals surface area contributed by atoms with Crippen LogP contribution in [0.1, 0.15) is 12.5 Å². The van der Waals surface area contributed by atoms with Gasteiger partial charge in [0.2, 0.25) is 0 Å². The lowest BCUT2D eigenvalue weighted by molar-refractivity contribution is 0.0430. The standard InChI is InChI=1S/C27H25NO4Si/c1-26(32-33(2,3)4)19-13-6-5-10-18-23-24-27(26,31-24)21-16-11-12-17-22(21)28(23)25(29)30-20-14-8-7-9-15-20/h5-9,11-12,14-17,23-24H,1-4H3/b6-5-/t23-,24-,26-,27?/m0/s1. The van der Waals surface area contributed by atoms with Gasteiger partial charge in [0.25, 0.3) is 0 Å².